The van der Waals surface area contributed by atoms with Crippen LogP contribution in [0.15, 0.2) is 22.6 Å². The standard InChI is InChI=1S/C22H29N3O2S.ClH/c1-7-24(8-2)9-10-25(21(26)18-13-16(5)27-17(18)6)22-23-20-15(4)11-14(3)12-19(20)28-22;/h11-13H,7-10H2,1-6H3;1H. The second-order valence-electron chi connectivity index (χ2n) is 7.24. The molecule has 29 heavy (non-hydrogen) atoms. The van der Waals surface area contributed by atoms with Gasteiger partial charge in [-0.1, -0.05) is 31.3 Å². The van der Waals surface area contributed by atoms with E-state index in [1.807, 2.05) is 24.8 Å². The molecule has 0 atom stereocenters. The Morgan fingerprint density at radius 2 is 1.76 bits per heavy atom. The summed E-state index contributed by atoms with van der Waals surface area (Å²) in [5.41, 5.74) is 3.95. The Kier molecular flexibility index (Phi) is 7.86. The lowest BCUT2D eigenvalue weighted by atomic mass is 10.1. The molecule has 1 amide bonds. The number of furan rings is 1. The van der Waals surface area contributed by atoms with Crippen LogP contribution in [0, 0.1) is 27.7 Å². The first-order chi connectivity index (χ1) is 13.3. The monoisotopic (exact) mass is 435 g/mol. The summed E-state index contributed by atoms with van der Waals surface area (Å²) in [5, 5.41) is 0.749. The average Bonchev–Trinajstić information content (AvgIpc) is 3.21. The lowest BCUT2D eigenvalue weighted by Gasteiger charge is -2.24. The van der Waals surface area contributed by atoms with Crippen LogP contribution in [0.3, 0.4) is 0 Å². The third kappa shape index (κ3) is 5.00. The first-order valence-electron chi connectivity index (χ1n) is 9.83. The largest absolute Gasteiger partial charge is 0.466 e. The second-order valence-corrected chi connectivity index (χ2v) is 8.24. The maximum Gasteiger partial charge on any atom is 0.263 e. The van der Waals surface area contributed by atoms with Crippen LogP contribution in [0.2, 0.25) is 0 Å². The molecule has 0 unspecified atom stereocenters. The number of rotatable bonds is 7. The molecule has 158 valence electrons. The van der Waals surface area contributed by atoms with E-state index < -0.39 is 0 Å². The molecular weight excluding hydrogens is 406 g/mol. The molecule has 0 aliphatic carbocycles. The Balaban J connectivity index is 0.00000300. The van der Waals surface area contributed by atoms with Gasteiger partial charge in [-0.3, -0.25) is 9.69 Å². The molecule has 0 bridgehead atoms. The zero-order chi connectivity index (χ0) is 20.4. The second kappa shape index (κ2) is 9.74. The van der Waals surface area contributed by atoms with Gasteiger partial charge in [0.05, 0.1) is 15.8 Å². The van der Waals surface area contributed by atoms with Crippen LogP contribution in [-0.4, -0.2) is 42.0 Å². The SMILES string of the molecule is CCN(CC)CCN(C(=O)c1cc(C)oc1C)c1nc2c(C)cc(C)cc2s1.Cl. The predicted molar refractivity (Wildman–Crippen MR) is 124 cm³/mol. The molecule has 0 saturated heterocycles. The molecule has 0 N–H and O–H groups in total. The number of hydrogen-bond donors (Lipinski definition) is 0. The van der Waals surface area contributed by atoms with Crippen molar-refractivity contribution in [2.45, 2.75) is 41.5 Å². The number of amides is 1. The summed E-state index contributed by atoms with van der Waals surface area (Å²) in [7, 11) is 0. The van der Waals surface area contributed by atoms with Gasteiger partial charge in [-0.25, -0.2) is 4.98 Å². The summed E-state index contributed by atoms with van der Waals surface area (Å²) < 4.78 is 6.73. The van der Waals surface area contributed by atoms with Crippen LogP contribution in [-0.2, 0) is 0 Å². The number of thiazole rings is 1. The number of nitrogens with zero attached hydrogens (tertiary/aromatic N) is 3. The Labute approximate surface area is 183 Å². The van der Waals surface area contributed by atoms with Crippen molar-refractivity contribution in [2.75, 3.05) is 31.1 Å². The van der Waals surface area contributed by atoms with Crippen molar-refractivity contribution < 1.29 is 9.21 Å². The van der Waals surface area contributed by atoms with Crippen LogP contribution in [0.1, 0.15) is 46.9 Å². The van der Waals surface area contributed by atoms with Gasteiger partial charge in [-0.05, 0) is 64.0 Å². The highest BCUT2D eigenvalue weighted by molar-refractivity contribution is 7.22. The minimum Gasteiger partial charge on any atom is -0.466 e. The number of carbonyl (C=O) groups excluding carboxylic acids is 1. The van der Waals surface area contributed by atoms with Crippen molar-refractivity contribution in [1.29, 1.82) is 0 Å². The number of aromatic nitrogens is 1. The minimum atomic E-state index is -0.0464. The van der Waals surface area contributed by atoms with E-state index in [9.17, 15) is 4.79 Å². The van der Waals surface area contributed by atoms with Crippen molar-refractivity contribution in [3.8, 4) is 0 Å². The maximum atomic E-state index is 13.4. The molecule has 0 aliphatic rings. The van der Waals surface area contributed by atoms with Crippen molar-refractivity contribution >= 4 is 45.0 Å². The van der Waals surface area contributed by atoms with Crippen LogP contribution in [0.25, 0.3) is 10.2 Å². The Hall–Kier alpha value is -1.89. The van der Waals surface area contributed by atoms with Gasteiger partial charge in [0.2, 0.25) is 0 Å². The molecule has 0 radical (unpaired) electrons. The molecule has 0 saturated carbocycles. The van der Waals surface area contributed by atoms with Gasteiger partial charge in [-0.2, -0.15) is 0 Å². The van der Waals surface area contributed by atoms with Crippen molar-refractivity contribution in [3.05, 3.63) is 46.4 Å². The van der Waals surface area contributed by atoms with E-state index in [0.717, 1.165) is 46.3 Å². The third-order valence-corrected chi connectivity index (χ3v) is 6.13. The quantitative estimate of drug-likeness (QED) is 0.489. The van der Waals surface area contributed by atoms with Crippen molar-refractivity contribution in [2.24, 2.45) is 0 Å². The van der Waals surface area contributed by atoms with Gasteiger partial charge in [-0.15, -0.1) is 12.4 Å². The molecule has 1 aromatic carbocycles. The lowest BCUT2D eigenvalue weighted by Crippen LogP contribution is -2.39. The zero-order valence-corrected chi connectivity index (χ0v) is 19.7. The minimum absolute atomic E-state index is 0. The fraction of sp³-hybridized carbons (Fsp3) is 0.455. The summed E-state index contributed by atoms with van der Waals surface area (Å²) in [6.45, 7) is 15.5. The van der Waals surface area contributed by atoms with E-state index >= 15 is 0 Å². The molecule has 0 fully saturated rings. The van der Waals surface area contributed by atoms with E-state index in [4.69, 9.17) is 9.40 Å². The maximum absolute atomic E-state index is 13.4. The predicted octanol–water partition coefficient (Wildman–Crippen LogP) is 5.53. The highest BCUT2D eigenvalue weighted by atomic mass is 35.5. The first-order valence-corrected chi connectivity index (χ1v) is 10.6. The molecular formula is C22H30ClN3O2S. The van der Waals surface area contributed by atoms with Crippen molar-refractivity contribution in [1.82, 2.24) is 9.88 Å². The van der Waals surface area contributed by atoms with Gasteiger partial charge >= 0.3 is 0 Å². The first kappa shape index (κ1) is 23.4. The summed E-state index contributed by atoms with van der Waals surface area (Å²) in [5.74, 6) is 1.36. The molecule has 0 aliphatic heterocycles. The Morgan fingerprint density at radius 3 is 2.34 bits per heavy atom. The fourth-order valence-corrected chi connectivity index (χ4v) is 4.69. The number of anilines is 1. The van der Waals surface area contributed by atoms with E-state index in [0.29, 0.717) is 17.9 Å². The number of benzene rings is 1. The average molecular weight is 436 g/mol. The normalized spacial score (nSPS) is 11.1. The van der Waals surface area contributed by atoms with Crippen LogP contribution in [0.5, 0.6) is 0 Å². The van der Waals surface area contributed by atoms with Gasteiger partial charge in [0.25, 0.3) is 5.91 Å². The molecule has 5 nitrogen and oxygen atoms in total. The third-order valence-electron chi connectivity index (χ3n) is 5.10. The van der Waals surface area contributed by atoms with Crippen LogP contribution < -0.4 is 4.90 Å². The van der Waals surface area contributed by atoms with Crippen LogP contribution >= 0.6 is 23.7 Å². The van der Waals surface area contributed by atoms with Gasteiger partial charge in [0.15, 0.2) is 5.13 Å². The van der Waals surface area contributed by atoms with E-state index in [-0.39, 0.29) is 18.3 Å². The zero-order valence-electron chi connectivity index (χ0n) is 18.0. The molecule has 0 spiro atoms. The van der Waals surface area contributed by atoms with E-state index in [1.165, 1.54) is 5.56 Å². The smallest absolute Gasteiger partial charge is 0.263 e. The summed E-state index contributed by atoms with van der Waals surface area (Å²) in [6.07, 6.45) is 0. The number of hydrogen-bond acceptors (Lipinski definition) is 5. The number of halogens is 1. The van der Waals surface area contributed by atoms with Gasteiger partial charge in [0, 0.05) is 13.1 Å². The molecule has 3 aromatic rings. The number of fused-ring (bicyclic) bond motifs is 1. The highest BCUT2D eigenvalue weighted by Gasteiger charge is 2.25. The summed E-state index contributed by atoms with van der Waals surface area (Å²) >= 11 is 1.58. The highest BCUT2D eigenvalue weighted by Crippen LogP contribution is 2.33. The van der Waals surface area contributed by atoms with E-state index in [1.54, 1.807) is 11.3 Å². The molecule has 2 aromatic heterocycles. The Morgan fingerprint density at radius 1 is 1.07 bits per heavy atom. The summed E-state index contributed by atoms with van der Waals surface area (Å²) in [4.78, 5) is 22.4. The molecule has 3 rings (SSSR count). The summed E-state index contributed by atoms with van der Waals surface area (Å²) in [6, 6.07) is 6.10. The van der Waals surface area contributed by atoms with Gasteiger partial charge < -0.3 is 9.32 Å². The Bertz CT molecular complexity index is 992. The molecule has 2 heterocycles. The van der Waals surface area contributed by atoms with E-state index in [2.05, 4.69) is 44.7 Å². The number of likely N-dealkylation sites (N-methyl/N-ethyl adjacent to an activating group) is 1. The lowest BCUT2D eigenvalue weighted by molar-refractivity contribution is 0.0982. The molecule has 7 heteroatoms. The van der Waals surface area contributed by atoms with Gasteiger partial charge in [0.1, 0.15) is 11.5 Å². The van der Waals surface area contributed by atoms with Crippen molar-refractivity contribution in [3.63, 3.8) is 0 Å². The van der Waals surface area contributed by atoms with Crippen LogP contribution in [0.4, 0.5) is 5.13 Å². The number of aryl methyl sites for hydroxylation is 4. The topological polar surface area (TPSA) is 49.6 Å². The number of carbonyl (C=O) groups is 1. The fourth-order valence-electron chi connectivity index (χ4n) is 3.53.